The van der Waals surface area contributed by atoms with Gasteiger partial charge in [0, 0.05) is 12.6 Å². The van der Waals surface area contributed by atoms with E-state index in [0.717, 1.165) is 0 Å². The van der Waals surface area contributed by atoms with E-state index in [1.54, 1.807) is 16.8 Å². The van der Waals surface area contributed by atoms with E-state index in [-0.39, 0.29) is 11.3 Å². The molecule has 0 aliphatic carbocycles. The number of phenols is 1. The lowest BCUT2D eigenvalue weighted by Gasteiger charge is -2.03. The molecule has 4 nitrogen and oxygen atoms in total. The van der Waals surface area contributed by atoms with E-state index in [2.05, 4.69) is 18.9 Å². The SMILES string of the molecule is CC(C)Cn1[nH]c2cc(O)ccc2c1=O. The molecule has 0 saturated heterocycles. The number of nitrogens with zero attached hydrogens (tertiary/aromatic N) is 1. The van der Waals surface area contributed by atoms with Crippen molar-refractivity contribution in [2.45, 2.75) is 20.4 Å². The van der Waals surface area contributed by atoms with E-state index in [1.807, 2.05) is 0 Å². The largest absolute Gasteiger partial charge is 0.508 e. The number of H-pyrrole nitrogens is 1. The zero-order valence-corrected chi connectivity index (χ0v) is 8.82. The molecule has 0 amide bonds. The van der Waals surface area contributed by atoms with Crippen molar-refractivity contribution in [3.8, 4) is 5.75 Å². The fourth-order valence-corrected chi connectivity index (χ4v) is 1.65. The van der Waals surface area contributed by atoms with Crippen LogP contribution in [0.4, 0.5) is 0 Å². The third-order valence-electron chi connectivity index (χ3n) is 2.28. The molecule has 0 aliphatic rings. The second kappa shape index (κ2) is 3.46. The summed E-state index contributed by atoms with van der Waals surface area (Å²) in [5.41, 5.74) is 0.652. The minimum absolute atomic E-state index is 0.0290. The van der Waals surface area contributed by atoms with Crippen molar-refractivity contribution in [1.82, 2.24) is 9.78 Å². The first-order valence-electron chi connectivity index (χ1n) is 4.99. The third kappa shape index (κ3) is 1.75. The van der Waals surface area contributed by atoms with Gasteiger partial charge in [0.1, 0.15) is 5.75 Å². The number of hydrogen-bond donors (Lipinski definition) is 2. The number of aromatic hydroxyl groups is 1. The second-order valence-corrected chi connectivity index (χ2v) is 4.15. The molecule has 0 bridgehead atoms. The van der Waals surface area contributed by atoms with Gasteiger partial charge in [0.25, 0.3) is 5.56 Å². The summed E-state index contributed by atoms with van der Waals surface area (Å²) in [6.07, 6.45) is 0. The molecule has 0 aliphatic heterocycles. The molecule has 0 fully saturated rings. The highest BCUT2D eigenvalue weighted by atomic mass is 16.3. The molecule has 1 aromatic carbocycles. The molecule has 2 N–H and O–H groups in total. The average Bonchev–Trinajstić information content (AvgIpc) is 2.42. The van der Waals surface area contributed by atoms with Gasteiger partial charge in [-0.25, -0.2) is 0 Å². The van der Waals surface area contributed by atoms with Crippen LogP contribution in [0.5, 0.6) is 5.75 Å². The normalized spacial score (nSPS) is 11.4. The van der Waals surface area contributed by atoms with Crippen LogP contribution in [-0.4, -0.2) is 14.9 Å². The highest BCUT2D eigenvalue weighted by Crippen LogP contribution is 2.15. The summed E-state index contributed by atoms with van der Waals surface area (Å²) in [7, 11) is 0. The highest BCUT2D eigenvalue weighted by molar-refractivity contribution is 5.79. The Bertz CT molecular complexity index is 537. The number of benzene rings is 1. The van der Waals surface area contributed by atoms with Crippen molar-refractivity contribution in [2.75, 3.05) is 0 Å². The first-order chi connectivity index (χ1) is 7.08. The van der Waals surface area contributed by atoms with Gasteiger partial charge in [-0.1, -0.05) is 13.8 Å². The van der Waals surface area contributed by atoms with Crippen LogP contribution in [0.25, 0.3) is 10.9 Å². The van der Waals surface area contributed by atoms with E-state index in [1.165, 1.54) is 6.07 Å². The molecule has 0 unspecified atom stereocenters. The number of fused-ring (bicyclic) bond motifs is 1. The Balaban J connectivity index is 2.59. The Morgan fingerprint density at radius 3 is 2.87 bits per heavy atom. The van der Waals surface area contributed by atoms with E-state index in [9.17, 15) is 9.90 Å². The Morgan fingerprint density at radius 1 is 1.47 bits per heavy atom. The monoisotopic (exact) mass is 206 g/mol. The van der Waals surface area contributed by atoms with Gasteiger partial charge in [0.15, 0.2) is 0 Å². The molecule has 0 spiro atoms. The molecule has 4 heteroatoms. The number of aromatic amines is 1. The maximum absolute atomic E-state index is 11.8. The number of hydrogen-bond acceptors (Lipinski definition) is 2. The van der Waals surface area contributed by atoms with Gasteiger partial charge in [0.2, 0.25) is 0 Å². The summed E-state index contributed by atoms with van der Waals surface area (Å²) >= 11 is 0. The Hall–Kier alpha value is -1.71. The van der Waals surface area contributed by atoms with Crippen LogP contribution in [0.3, 0.4) is 0 Å². The summed E-state index contributed by atoms with van der Waals surface area (Å²) in [5.74, 6) is 0.574. The molecular formula is C11H14N2O2. The predicted octanol–water partition coefficient (Wildman–Crippen LogP) is 1.69. The van der Waals surface area contributed by atoms with Gasteiger partial charge >= 0.3 is 0 Å². The molecular weight excluding hydrogens is 192 g/mol. The molecule has 0 saturated carbocycles. The quantitative estimate of drug-likeness (QED) is 0.785. The number of phenolic OH excluding ortho intramolecular Hbond substituents is 1. The first kappa shape index (κ1) is 9.83. The van der Waals surface area contributed by atoms with E-state index in [4.69, 9.17) is 0 Å². The number of rotatable bonds is 2. The average molecular weight is 206 g/mol. The first-order valence-corrected chi connectivity index (χ1v) is 4.99. The summed E-state index contributed by atoms with van der Waals surface area (Å²) in [4.78, 5) is 11.8. The fraction of sp³-hybridized carbons (Fsp3) is 0.364. The molecule has 2 aromatic rings. The van der Waals surface area contributed by atoms with Gasteiger partial charge < -0.3 is 5.11 Å². The zero-order chi connectivity index (χ0) is 11.0. The minimum atomic E-state index is -0.0290. The van der Waals surface area contributed by atoms with E-state index >= 15 is 0 Å². The van der Waals surface area contributed by atoms with Crippen LogP contribution in [-0.2, 0) is 6.54 Å². The van der Waals surface area contributed by atoms with Crippen LogP contribution >= 0.6 is 0 Å². The lowest BCUT2D eigenvalue weighted by molar-refractivity contribution is 0.473. The van der Waals surface area contributed by atoms with Gasteiger partial charge in [-0.2, -0.15) is 0 Å². The molecule has 0 atom stereocenters. The van der Waals surface area contributed by atoms with Gasteiger partial charge in [-0.3, -0.25) is 14.6 Å². The minimum Gasteiger partial charge on any atom is -0.508 e. The van der Waals surface area contributed by atoms with Crippen molar-refractivity contribution in [1.29, 1.82) is 0 Å². The van der Waals surface area contributed by atoms with Crippen LogP contribution < -0.4 is 5.56 Å². The molecule has 80 valence electrons. The molecule has 1 aromatic heterocycles. The summed E-state index contributed by atoms with van der Waals surface area (Å²) in [6, 6.07) is 4.73. The van der Waals surface area contributed by atoms with Crippen LogP contribution in [0.15, 0.2) is 23.0 Å². The lowest BCUT2D eigenvalue weighted by atomic mass is 10.2. The zero-order valence-electron chi connectivity index (χ0n) is 8.82. The van der Waals surface area contributed by atoms with Crippen LogP contribution in [0.2, 0.25) is 0 Å². The van der Waals surface area contributed by atoms with E-state index in [0.29, 0.717) is 23.4 Å². The van der Waals surface area contributed by atoms with Crippen molar-refractivity contribution in [3.05, 3.63) is 28.6 Å². The fourth-order valence-electron chi connectivity index (χ4n) is 1.65. The van der Waals surface area contributed by atoms with E-state index < -0.39 is 0 Å². The number of nitrogens with one attached hydrogen (secondary N) is 1. The summed E-state index contributed by atoms with van der Waals surface area (Å²) < 4.78 is 1.58. The van der Waals surface area contributed by atoms with Gasteiger partial charge in [-0.15, -0.1) is 0 Å². The number of aromatic nitrogens is 2. The highest BCUT2D eigenvalue weighted by Gasteiger charge is 2.07. The maximum Gasteiger partial charge on any atom is 0.274 e. The van der Waals surface area contributed by atoms with Crippen LogP contribution in [0.1, 0.15) is 13.8 Å². The Morgan fingerprint density at radius 2 is 2.20 bits per heavy atom. The predicted molar refractivity (Wildman–Crippen MR) is 59.1 cm³/mol. The molecule has 1 heterocycles. The Kier molecular flexibility index (Phi) is 2.26. The molecule has 0 radical (unpaired) electrons. The van der Waals surface area contributed by atoms with Gasteiger partial charge in [0.05, 0.1) is 10.9 Å². The standard InChI is InChI=1S/C11H14N2O2/c1-7(2)6-13-11(15)9-4-3-8(14)5-10(9)12-13/h3-5,7,12,14H,6H2,1-2H3. The molecule has 15 heavy (non-hydrogen) atoms. The molecule has 2 rings (SSSR count). The topological polar surface area (TPSA) is 58.0 Å². The Labute approximate surface area is 87.1 Å². The van der Waals surface area contributed by atoms with Crippen molar-refractivity contribution < 1.29 is 5.11 Å². The second-order valence-electron chi connectivity index (χ2n) is 4.15. The smallest absolute Gasteiger partial charge is 0.274 e. The van der Waals surface area contributed by atoms with Crippen molar-refractivity contribution in [2.24, 2.45) is 5.92 Å². The van der Waals surface area contributed by atoms with Gasteiger partial charge in [-0.05, 0) is 18.1 Å². The van der Waals surface area contributed by atoms with Crippen molar-refractivity contribution >= 4 is 10.9 Å². The van der Waals surface area contributed by atoms with Crippen molar-refractivity contribution in [3.63, 3.8) is 0 Å². The maximum atomic E-state index is 11.8. The summed E-state index contributed by atoms with van der Waals surface area (Å²) in [6.45, 7) is 4.76. The van der Waals surface area contributed by atoms with Crippen LogP contribution in [0, 0.1) is 5.92 Å². The summed E-state index contributed by atoms with van der Waals surface area (Å²) in [5, 5.41) is 12.9. The lowest BCUT2D eigenvalue weighted by Crippen LogP contribution is -2.19. The third-order valence-corrected chi connectivity index (χ3v) is 2.28.